The summed E-state index contributed by atoms with van der Waals surface area (Å²) in [6.45, 7) is 4.73. The van der Waals surface area contributed by atoms with Crippen LogP contribution in [0.25, 0.3) is 0 Å². The standard InChI is InChI=1S/C14H23F2NO/c1-11(12(3-4-12)10-18-2)17-7-5-13(6-8-17)9-14(13,15)16/h11H,3-10H2,1-2H3. The van der Waals surface area contributed by atoms with Crippen LogP contribution < -0.4 is 0 Å². The van der Waals surface area contributed by atoms with Crippen LogP contribution in [0.15, 0.2) is 0 Å². The van der Waals surface area contributed by atoms with E-state index in [1.54, 1.807) is 7.11 Å². The van der Waals surface area contributed by atoms with Gasteiger partial charge in [-0.15, -0.1) is 0 Å². The maximum atomic E-state index is 13.3. The third-order valence-electron chi connectivity index (χ3n) is 5.72. The molecule has 0 aromatic heterocycles. The number of methoxy groups -OCH3 is 1. The predicted octanol–water partition coefficient (Wildman–Crippen LogP) is 2.92. The van der Waals surface area contributed by atoms with Crippen molar-refractivity contribution in [2.45, 2.75) is 51.0 Å². The molecule has 2 nitrogen and oxygen atoms in total. The maximum absolute atomic E-state index is 13.3. The van der Waals surface area contributed by atoms with E-state index in [0.717, 1.165) is 19.7 Å². The number of likely N-dealkylation sites (tertiary alicyclic amines) is 1. The summed E-state index contributed by atoms with van der Waals surface area (Å²) < 4.78 is 32.0. The molecule has 0 bridgehead atoms. The van der Waals surface area contributed by atoms with Crippen molar-refractivity contribution in [1.29, 1.82) is 0 Å². The molecule has 1 unspecified atom stereocenters. The lowest BCUT2D eigenvalue weighted by Crippen LogP contribution is -2.46. The van der Waals surface area contributed by atoms with Crippen molar-refractivity contribution in [3.05, 3.63) is 0 Å². The van der Waals surface area contributed by atoms with Gasteiger partial charge >= 0.3 is 0 Å². The molecule has 3 rings (SSSR count). The normalized spacial score (nSPS) is 33.3. The van der Waals surface area contributed by atoms with E-state index in [0.29, 0.717) is 24.3 Å². The molecule has 0 aromatic carbocycles. The summed E-state index contributed by atoms with van der Waals surface area (Å²) >= 11 is 0. The van der Waals surface area contributed by atoms with E-state index in [9.17, 15) is 8.78 Å². The molecule has 3 aliphatic rings. The summed E-state index contributed by atoms with van der Waals surface area (Å²) in [7, 11) is 1.75. The number of alkyl halides is 2. The topological polar surface area (TPSA) is 12.5 Å². The van der Waals surface area contributed by atoms with Gasteiger partial charge in [-0.1, -0.05) is 0 Å². The summed E-state index contributed by atoms with van der Waals surface area (Å²) in [4.78, 5) is 2.41. The molecule has 1 heterocycles. The predicted molar refractivity (Wildman–Crippen MR) is 65.8 cm³/mol. The van der Waals surface area contributed by atoms with Gasteiger partial charge in [-0.2, -0.15) is 0 Å². The molecule has 4 heteroatoms. The van der Waals surface area contributed by atoms with Crippen LogP contribution in [0.1, 0.15) is 39.0 Å². The van der Waals surface area contributed by atoms with E-state index in [1.807, 2.05) is 0 Å². The van der Waals surface area contributed by atoms with E-state index >= 15 is 0 Å². The van der Waals surface area contributed by atoms with Crippen LogP contribution in [0, 0.1) is 10.8 Å². The van der Waals surface area contributed by atoms with E-state index in [2.05, 4.69) is 11.8 Å². The van der Waals surface area contributed by atoms with E-state index < -0.39 is 11.3 Å². The number of rotatable bonds is 4. The Hall–Kier alpha value is -0.220. The molecule has 0 radical (unpaired) electrons. The molecule has 18 heavy (non-hydrogen) atoms. The average molecular weight is 259 g/mol. The quantitative estimate of drug-likeness (QED) is 0.769. The van der Waals surface area contributed by atoms with Gasteiger partial charge in [0, 0.05) is 30.4 Å². The lowest BCUT2D eigenvalue weighted by atomic mass is 9.89. The van der Waals surface area contributed by atoms with Crippen molar-refractivity contribution in [3.63, 3.8) is 0 Å². The fraction of sp³-hybridized carbons (Fsp3) is 1.00. The van der Waals surface area contributed by atoms with E-state index in [4.69, 9.17) is 4.74 Å². The highest BCUT2D eigenvalue weighted by Crippen LogP contribution is 2.66. The monoisotopic (exact) mass is 259 g/mol. The first-order valence-electron chi connectivity index (χ1n) is 7.06. The Kier molecular flexibility index (Phi) is 2.76. The van der Waals surface area contributed by atoms with Crippen LogP contribution in [0.3, 0.4) is 0 Å². The zero-order valence-electron chi connectivity index (χ0n) is 11.3. The molecule has 1 aliphatic heterocycles. The lowest BCUT2D eigenvalue weighted by Gasteiger charge is -2.40. The van der Waals surface area contributed by atoms with Crippen LogP contribution >= 0.6 is 0 Å². The molecule has 0 amide bonds. The van der Waals surface area contributed by atoms with Gasteiger partial charge in [-0.05, 0) is 45.7 Å². The second-order valence-electron chi connectivity index (χ2n) is 6.67. The van der Waals surface area contributed by atoms with Crippen LogP contribution in [-0.2, 0) is 4.74 Å². The van der Waals surface area contributed by atoms with Gasteiger partial charge in [0.2, 0.25) is 0 Å². The third-order valence-corrected chi connectivity index (χ3v) is 5.72. The smallest absolute Gasteiger partial charge is 0.254 e. The van der Waals surface area contributed by atoms with Crippen LogP contribution in [0.2, 0.25) is 0 Å². The number of hydrogen-bond donors (Lipinski definition) is 0. The summed E-state index contributed by atoms with van der Waals surface area (Å²) in [5, 5.41) is 0. The minimum absolute atomic E-state index is 0.130. The number of nitrogens with zero attached hydrogens (tertiary/aromatic N) is 1. The van der Waals surface area contributed by atoms with Crippen LogP contribution in [-0.4, -0.2) is 43.7 Å². The molecule has 1 saturated heterocycles. The largest absolute Gasteiger partial charge is 0.384 e. The Bertz CT molecular complexity index is 333. The second kappa shape index (κ2) is 3.89. The highest BCUT2D eigenvalue weighted by molar-refractivity contribution is 5.13. The Labute approximate surface area is 108 Å². The van der Waals surface area contributed by atoms with Gasteiger partial charge in [-0.25, -0.2) is 8.78 Å². The van der Waals surface area contributed by atoms with E-state index in [1.165, 1.54) is 12.8 Å². The Morgan fingerprint density at radius 3 is 2.11 bits per heavy atom. The summed E-state index contributed by atoms with van der Waals surface area (Å²) in [6, 6.07) is 0.474. The fourth-order valence-electron chi connectivity index (χ4n) is 3.78. The number of halogens is 2. The molecular formula is C14H23F2NO. The lowest BCUT2D eigenvalue weighted by molar-refractivity contribution is 0.00399. The first-order chi connectivity index (χ1) is 8.45. The molecule has 2 aliphatic carbocycles. The average Bonchev–Trinajstić information content (AvgIpc) is 3.19. The highest BCUT2D eigenvalue weighted by atomic mass is 19.3. The molecular weight excluding hydrogens is 236 g/mol. The SMILES string of the molecule is COCC1(C(C)N2CCC3(CC2)CC3(F)F)CC1. The maximum Gasteiger partial charge on any atom is 0.254 e. The van der Waals surface area contributed by atoms with E-state index in [-0.39, 0.29) is 6.42 Å². The van der Waals surface area contributed by atoms with Gasteiger partial charge in [0.1, 0.15) is 0 Å². The Morgan fingerprint density at radius 2 is 1.72 bits per heavy atom. The third kappa shape index (κ3) is 1.80. The van der Waals surface area contributed by atoms with Crippen molar-refractivity contribution < 1.29 is 13.5 Å². The van der Waals surface area contributed by atoms with Crippen molar-refractivity contribution in [2.24, 2.45) is 10.8 Å². The van der Waals surface area contributed by atoms with Crippen molar-refractivity contribution >= 4 is 0 Å². The van der Waals surface area contributed by atoms with Gasteiger partial charge in [-0.3, -0.25) is 4.90 Å². The van der Waals surface area contributed by atoms with Crippen molar-refractivity contribution in [1.82, 2.24) is 4.90 Å². The Balaban J connectivity index is 1.57. The van der Waals surface area contributed by atoms with Gasteiger partial charge in [0.05, 0.1) is 6.61 Å². The highest BCUT2D eigenvalue weighted by Gasteiger charge is 2.70. The van der Waals surface area contributed by atoms with Crippen LogP contribution in [0.5, 0.6) is 0 Å². The molecule has 1 spiro atoms. The van der Waals surface area contributed by atoms with Gasteiger partial charge in [0.25, 0.3) is 5.92 Å². The molecule has 104 valence electrons. The van der Waals surface area contributed by atoms with Gasteiger partial charge < -0.3 is 4.74 Å². The van der Waals surface area contributed by atoms with Gasteiger partial charge in [0.15, 0.2) is 0 Å². The first kappa shape index (κ1) is 12.8. The number of ether oxygens (including phenoxy) is 1. The number of hydrogen-bond acceptors (Lipinski definition) is 2. The van der Waals surface area contributed by atoms with Crippen LogP contribution in [0.4, 0.5) is 8.78 Å². The Morgan fingerprint density at radius 1 is 1.17 bits per heavy atom. The van der Waals surface area contributed by atoms with Crippen molar-refractivity contribution in [2.75, 3.05) is 26.8 Å². The fourth-order valence-corrected chi connectivity index (χ4v) is 3.78. The molecule has 0 N–H and O–H groups in total. The minimum atomic E-state index is -2.37. The molecule has 1 atom stereocenters. The minimum Gasteiger partial charge on any atom is -0.384 e. The molecule has 2 saturated carbocycles. The summed E-state index contributed by atoms with van der Waals surface area (Å²) in [6.07, 6.45) is 3.92. The summed E-state index contributed by atoms with van der Waals surface area (Å²) in [5.74, 6) is -2.37. The zero-order chi connectivity index (χ0) is 13.0. The number of piperidine rings is 1. The molecule has 3 fully saturated rings. The molecule has 0 aromatic rings. The first-order valence-corrected chi connectivity index (χ1v) is 7.06. The summed E-state index contributed by atoms with van der Waals surface area (Å²) in [5.41, 5.74) is -0.313. The van der Waals surface area contributed by atoms with Crippen molar-refractivity contribution in [3.8, 4) is 0 Å². The second-order valence-corrected chi connectivity index (χ2v) is 6.67. The zero-order valence-corrected chi connectivity index (χ0v) is 11.3.